The van der Waals surface area contributed by atoms with Gasteiger partial charge in [-0.05, 0) is 55.4 Å². The van der Waals surface area contributed by atoms with Crippen molar-refractivity contribution in [1.82, 2.24) is 0 Å². The number of aliphatic imine (C=N–C) groups is 1. The molecule has 6 nitrogen and oxygen atoms in total. The topological polar surface area (TPSA) is 74.2 Å². The summed E-state index contributed by atoms with van der Waals surface area (Å²) < 4.78 is 17.2. The van der Waals surface area contributed by atoms with Crippen LogP contribution in [0.25, 0.3) is 0 Å². The second-order valence-electron chi connectivity index (χ2n) is 9.79. The summed E-state index contributed by atoms with van der Waals surface area (Å²) in [5.74, 6) is -0.166. The molecule has 1 heterocycles. The number of esters is 1. The first-order valence-corrected chi connectivity index (χ1v) is 13.3. The van der Waals surface area contributed by atoms with E-state index < -0.39 is 11.8 Å². The number of Topliss-reactive ketones (excluding diaryl/α,β-unsaturated/α-hetero) is 1. The Morgan fingerprint density at radius 2 is 1.76 bits per heavy atom. The molecule has 1 aliphatic carbocycles. The van der Waals surface area contributed by atoms with Gasteiger partial charge in [-0.2, -0.15) is 0 Å². The van der Waals surface area contributed by atoms with E-state index in [-0.39, 0.29) is 17.7 Å². The number of nitrogens with zero attached hydrogens (tertiary/aromatic N) is 1. The molecule has 0 saturated heterocycles. The van der Waals surface area contributed by atoms with Crippen LogP contribution in [-0.4, -0.2) is 37.8 Å². The lowest BCUT2D eigenvalue weighted by molar-refractivity contribution is -0.146. The summed E-state index contributed by atoms with van der Waals surface area (Å²) in [5, 5.41) is 0. The first kappa shape index (κ1) is 26.6. The highest BCUT2D eigenvalue weighted by molar-refractivity contribution is 6.09. The molecule has 4 rings (SSSR count). The van der Waals surface area contributed by atoms with Gasteiger partial charge in [-0.15, -0.1) is 0 Å². The van der Waals surface area contributed by atoms with Crippen molar-refractivity contribution in [3.8, 4) is 11.5 Å². The summed E-state index contributed by atoms with van der Waals surface area (Å²) in [6, 6.07) is 15.8. The van der Waals surface area contributed by atoms with Gasteiger partial charge in [0, 0.05) is 29.3 Å². The van der Waals surface area contributed by atoms with Gasteiger partial charge in [-0.1, -0.05) is 56.7 Å². The van der Waals surface area contributed by atoms with Crippen molar-refractivity contribution in [1.29, 1.82) is 0 Å². The molecule has 1 aliphatic heterocycles. The second-order valence-corrected chi connectivity index (χ2v) is 9.79. The molecule has 1 unspecified atom stereocenters. The van der Waals surface area contributed by atoms with Gasteiger partial charge < -0.3 is 14.2 Å². The molecule has 3 atom stereocenters. The average Bonchev–Trinajstić information content (AvgIpc) is 2.91. The van der Waals surface area contributed by atoms with Gasteiger partial charge in [0.05, 0.1) is 20.3 Å². The van der Waals surface area contributed by atoms with Crippen LogP contribution < -0.4 is 9.47 Å². The smallest absolute Gasteiger partial charge is 0.315 e. The monoisotopic (exact) mass is 503 g/mol. The third-order valence-corrected chi connectivity index (χ3v) is 7.16. The van der Waals surface area contributed by atoms with Crippen LogP contribution in [0.15, 0.2) is 64.8 Å². The third-order valence-electron chi connectivity index (χ3n) is 7.16. The van der Waals surface area contributed by atoms with E-state index in [9.17, 15) is 9.59 Å². The highest BCUT2D eigenvalue weighted by Gasteiger charge is 2.45. The number of hydrogen-bond acceptors (Lipinski definition) is 6. The first-order valence-electron chi connectivity index (χ1n) is 13.3. The molecule has 0 bridgehead atoms. The largest absolute Gasteiger partial charge is 0.493 e. The molecule has 6 heteroatoms. The van der Waals surface area contributed by atoms with Crippen LogP contribution in [0.2, 0.25) is 0 Å². The number of methoxy groups -OCH3 is 1. The van der Waals surface area contributed by atoms with Crippen LogP contribution in [0.4, 0.5) is 0 Å². The fourth-order valence-electron chi connectivity index (χ4n) is 5.30. The summed E-state index contributed by atoms with van der Waals surface area (Å²) in [4.78, 5) is 32.0. The lowest BCUT2D eigenvalue weighted by Crippen LogP contribution is -2.38. The highest BCUT2D eigenvalue weighted by Crippen LogP contribution is 2.48. The number of carbonyl (C=O) groups is 2. The number of ether oxygens (including phenoxy) is 3. The maximum absolute atomic E-state index is 13.8. The second kappa shape index (κ2) is 12.2. The van der Waals surface area contributed by atoms with Gasteiger partial charge >= 0.3 is 5.97 Å². The van der Waals surface area contributed by atoms with E-state index in [4.69, 9.17) is 19.2 Å². The highest BCUT2D eigenvalue weighted by atomic mass is 16.5. The normalized spacial score (nSPS) is 21.2. The van der Waals surface area contributed by atoms with E-state index in [0.717, 1.165) is 36.1 Å². The molecule has 2 aliphatic rings. The lowest BCUT2D eigenvalue weighted by atomic mass is 9.69. The van der Waals surface area contributed by atoms with E-state index in [0.29, 0.717) is 48.8 Å². The number of allylic oxidation sites excluding steroid dienone is 2. The minimum absolute atomic E-state index is 0.0352. The zero-order valence-corrected chi connectivity index (χ0v) is 22.3. The van der Waals surface area contributed by atoms with E-state index >= 15 is 0 Å². The quantitative estimate of drug-likeness (QED) is 0.277. The molecule has 0 amide bonds. The zero-order valence-electron chi connectivity index (χ0n) is 22.3. The third kappa shape index (κ3) is 5.79. The average molecular weight is 504 g/mol. The van der Waals surface area contributed by atoms with E-state index in [1.165, 1.54) is 0 Å². The Balaban J connectivity index is 1.77. The van der Waals surface area contributed by atoms with Crippen molar-refractivity contribution < 1.29 is 23.8 Å². The molecule has 2 aromatic rings. The molecule has 0 spiro atoms. The molecule has 0 saturated carbocycles. The minimum Gasteiger partial charge on any atom is -0.493 e. The molecule has 0 N–H and O–H groups in total. The van der Waals surface area contributed by atoms with Crippen LogP contribution in [0.1, 0.15) is 75.8 Å². The Bertz CT molecular complexity index is 1180. The Hall–Kier alpha value is -3.41. The van der Waals surface area contributed by atoms with Gasteiger partial charge in [-0.3, -0.25) is 14.6 Å². The first-order chi connectivity index (χ1) is 18.0. The molecule has 2 aromatic carbocycles. The van der Waals surface area contributed by atoms with E-state index in [1.54, 1.807) is 7.11 Å². The van der Waals surface area contributed by atoms with Crippen molar-refractivity contribution in [2.45, 2.75) is 64.7 Å². The van der Waals surface area contributed by atoms with Crippen LogP contribution in [0.5, 0.6) is 11.5 Å². The Morgan fingerprint density at radius 1 is 0.973 bits per heavy atom. The van der Waals surface area contributed by atoms with E-state index in [1.807, 2.05) is 50.2 Å². The van der Waals surface area contributed by atoms with Gasteiger partial charge in [0.2, 0.25) is 0 Å². The van der Waals surface area contributed by atoms with Gasteiger partial charge in [-0.25, -0.2) is 0 Å². The van der Waals surface area contributed by atoms with Gasteiger partial charge in [0.1, 0.15) is 5.92 Å². The van der Waals surface area contributed by atoms with Crippen LogP contribution in [0, 0.1) is 5.92 Å². The zero-order chi connectivity index (χ0) is 26.4. The number of unbranched alkanes of at least 4 members (excludes halogenated alkanes) is 1. The molecular weight excluding hydrogens is 466 g/mol. The molecule has 37 heavy (non-hydrogen) atoms. The SMILES string of the molecule is CCCCOC(=O)C1C(C)=NC2=C(C(=O)C[C@H](c3ccccc3)C2)[C@H]1c1ccc(OCCC)c(OC)c1. The number of ketones is 1. The van der Waals surface area contributed by atoms with E-state index in [2.05, 4.69) is 19.1 Å². The maximum atomic E-state index is 13.8. The van der Waals surface area contributed by atoms with Crippen LogP contribution >= 0.6 is 0 Å². The van der Waals surface area contributed by atoms with Crippen molar-refractivity contribution in [3.63, 3.8) is 0 Å². The maximum Gasteiger partial charge on any atom is 0.315 e. The van der Waals surface area contributed by atoms with Crippen molar-refractivity contribution >= 4 is 17.5 Å². The predicted octanol–water partition coefficient (Wildman–Crippen LogP) is 6.40. The van der Waals surface area contributed by atoms with Crippen molar-refractivity contribution in [2.24, 2.45) is 10.9 Å². The van der Waals surface area contributed by atoms with Crippen LogP contribution in [0.3, 0.4) is 0 Å². The minimum atomic E-state index is -0.667. The lowest BCUT2D eigenvalue weighted by Gasteiger charge is -2.36. The molecule has 196 valence electrons. The molecular formula is C31H37NO5. The summed E-state index contributed by atoms with van der Waals surface area (Å²) in [6.45, 7) is 6.90. The predicted molar refractivity (Wildman–Crippen MR) is 144 cm³/mol. The summed E-state index contributed by atoms with van der Waals surface area (Å²) >= 11 is 0. The Labute approximate surface area is 219 Å². The summed E-state index contributed by atoms with van der Waals surface area (Å²) in [5.41, 5.74) is 4.03. The summed E-state index contributed by atoms with van der Waals surface area (Å²) in [7, 11) is 1.60. The summed E-state index contributed by atoms with van der Waals surface area (Å²) in [6.07, 6.45) is 3.65. The van der Waals surface area contributed by atoms with Gasteiger partial charge in [0.15, 0.2) is 17.3 Å². The van der Waals surface area contributed by atoms with Crippen molar-refractivity contribution in [3.05, 3.63) is 70.9 Å². The van der Waals surface area contributed by atoms with Gasteiger partial charge in [0.25, 0.3) is 0 Å². The number of rotatable bonds is 10. The standard InChI is InChI=1S/C31H37NO5/c1-5-7-16-37-31(34)28-20(3)32-24-17-23(21-11-9-8-10-12-21)18-25(33)30(24)29(28)22-13-14-26(36-15-6-2)27(19-22)35-4/h8-14,19,23,28-29H,5-7,15-18H2,1-4H3/t23-,28?,29+/m1/s1. The molecule has 0 aromatic heterocycles. The fraction of sp³-hybridized carbons (Fsp3) is 0.452. The Kier molecular flexibility index (Phi) is 8.80. The number of hydrogen-bond donors (Lipinski definition) is 0. The van der Waals surface area contributed by atoms with Crippen LogP contribution in [-0.2, 0) is 14.3 Å². The molecule has 0 radical (unpaired) electrons. The van der Waals surface area contributed by atoms with Crippen molar-refractivity contribution in [2.75, 3.05) is 20.3 Å². The Morgan fingerprint density at radius 3 is 2.46 bits per heavy atom. The number of benzene rings is 2. The number of carbonyl (C=O) groups excluding carboxylic acids is 2. The fourth-order valence-corrected chi connectivity index (χ4v) is 5.30. The molecule has 0 fully saturated rings.